The summed E-state index contributed by atoms with van der Waals surface area (Å²) in [7, 11) is 0. The average Bonchev–Trinajstić information content (AvgIpc) is 2.80. The fraction of sp³-hybridized carbons (Fsp3) is 0.692. The van der Waals surface area contributed by atoms with Crippen LogP contribution in [0, 0.1) is 0 Å². The second-order valence-electron chi connectivity index (χ2n) is 4.98. The number of rotatable bonds is 4. The van der Waals surface area contributed by atoms with E-state index in [2.05, 4.69) is 10.2 Å². The second kappa shape index (κ2) is 6.06. The normalized spacial score (nSPS) is 19.7. The first-order valence-electron chi connectivity index (χ1n) is 6.93. The van der Waals surface area contributed by atoms with Gasteiger partial charge in [-0.05, 0) is 32.1 Å². The lowest BCUT2D eigenvalue weighted by atomic mass is 9.99. The van der Waals surface area contributed by atoms with E-state index >= 15 is 0 Å². The first kappa shape index (κ1) is 13.9. The van der Waals surface area contributed by atoms with Crippen LogP contribution in [0.3, 0.4) is 0 Å². The maximum atomic E-state index is 12.5. The van der Waals surface area contributed by atoms with Gasteiger partial charge in [0.15, 0.2) is 5.69 Å². The number of aliphatic hydroxyl groups excluding tert-OH is 1. The number of aryl methyl sites for hydroxylation is 1. The fourth-order valence-electron chi connectivity index (χ4n) is 2.67. The van der Waals surface area contributed by atoms with Crippen LogP contribution in [0.4, 0.5) is 5.69 Å². The lowest BCUT2D eigenvalue weighted by molar-refractivity contribution is 0.0569. The lowest BCUT2D eigenvalue weighted by Crippen LogP contribution is -2.44. The molecule has 19 heavy (non-hydrogen) atoms. The average molecular weight is 266 g/mol. The summed E-state index contributed by atoms with van der Waals surface area (Å²) in [6.07, 6.45) is 4.39. The SMILES string of the molecule is CCc1[nH]nc(C(=O)N2CCCCC2CCO)c1N. The summed E-state index contributed by atoms with van der Waals surface area (Å²) < 4.78 is 0. The predicted molar refractivity (Wildman–Crippen MR) is 72.8 cm³/mol. The van der Waals surface area contributed by atoms with Crippen LogP contribution in [0.15, 0.2) is 0 Å². The number of hydrogen-bond donors (Lipinski definition) is 3. The number of nitrogens with one attached hydrogen (secondary N) is 1. The van der Waals surface area contributed by atoms with Gasteiger partial charge in [0.25, 0.3) is 5.91 Å². The third-order valence-corrected chi connectivity index (χ3v) is 3.79. The number of carbonyl (C=O) groups is 1. The van der Waals surface area contributed by atoms with Gasteiger partial charge in [-0.15, -0.1) is 0 Å². The Balaban J connectivity index is 2.18. The van der Waals surface area contributed by atoms with E-state index in [0.717, 1.165) is 37.9 Å². The summed E-state index contributed by atoms with van der Waals surface area (Å²) in [4.78, 5) is 14.3. The van der Waals surface area contributed by atoms with Crippen LogP contribution < -0.4 is 5.73 Å². The number of H-pyrrole nitrogens is 1. The first-order chi connectivity index (χ1) is 9.19. The molecule has 1 aromatic rings. The van der Waals surface area contributed by atoms with Gasteiger partial charge in [0.1, 0.15) is 0 Å². The zero-order chi connectivity index (χ0) is 13.8. The summed E-state index contributed by atoms with van der Waals surface area (Å²) in [5.74, 6) is -0.119. The maximum Gasteiger partial charge on any atom is 0.276 e. The Kier molecular flexibility index (Phi) is 4.42. The topological polar surface area (TPSA) is 95.2 Å². The van der Waals surface area contributed by atoms with Crippen LogP contribution in [-0.2, 0) is 6.42 Å². The molecule has 1 amide bonds. The molecule has 6 nitrogen and oxygen atoms in total. The zero-order valence-corrected chi connectivity index (χ0v) is 11.4. The van der Waals surface area contributed by atoms with Crippen molar-refractivity contribution >= 4 is 11.6 Å². The van der Waals surface area contributed by atoms with Crippen LogP contribution in [-0.4, -0.2) is 45.3 Å². The summed E-state index contributed by atoms with van der Waals surface area (Å²) in [5.41, 5.74) is 7.53. The largest absolute Gasteiger partial charge is 0.396 e. The van der Waals surface area contributed by atoms with E-state index in [4.69, 9.17) is 10.8 Å². The molecule has 1 atom stereocenters. The van der Waals surface area contributed by atoms with Gasteiger partial charge in [-0.25, -0.2) is 0 Å². The number of aromatic nitrogens is 2. The fourth-order valence-corrected chi connectivity index (χ4v) is 2.67. The summed E-state index contributed by atoms with van der Waals surface area (Å²) in [6.45, 7) is 2.79. The molecular formula is C13H22N4O2. The number of likely N-dealkylation sites (tertiary alicyclic amines) is 1. The predicted octanol–water partition coefficient (Wildman–Crippen LogP) is 0.931. The second-order valence-corrected chi connectivity index (χ2v) is 4.98. The number of anilines is 1. The highest BCUT2D eigenvalue weighted by Crippen LogP contribution is 2.24. The van der Waals surface area contributed by atoms with Gasteiger partial charge in [0.05, 0.1) is 11.4 Å². The van der Waals surface area contributed by atoms with E-state index in [9.17, 15) is 4.79 Å². The molecule has 1 aliphatic heterocycles. The number of amides is 1. The van der Waals surface area contributed by atoms with Gasteiger partial charge < -0.3 is 15.7 Å². The minimum atomic E-state index is -0.119. The lowest BCUT2D eigenvalue weighted by Gasteiger charge is -2.35. The Morgan fingerprint density at radius 2 is 2.37 bits per heavy atom. The maximum absolute atomic E-state index is 12.5. The van der Waals surface area contributed by atoms with E-state index in [1.807, 2.05) is 11.8 Å². The molecule has 0 spiro atoms. The van der Waals surface area contributed by atoms with Crippen molar-refractivity contribution in [3.63, 3.8) is 0 Å². The van der Waals surface area contributed by atoms with E-state index in [1.165, 1.54) is 0 Å². The zero-order valence-electron chi connectivity index (χ0n) is 11.4. The summed E-state index contributed by atoms with van der Waals surface area (Å²) in [6, 6.07) is 0.104. The highest BCUT2D eigenvalue weighted by molar-refractivity contribution is 5.97. The minimum absolute atomic E-state index is 0.102. The first-order valence-corrected chi connectivity index (χ1v) is 6.93. The number of nitrogen functional groups attached to an aromatic ring is 1. The Hall–Kier alpha value is -1.56. The van der Waals surface area contributed by atoms with Crippen molar-refractivity contribution in [1.82, 2.24) is 15.1 Å². The number of nitrogens with two attached hydrogens (primary N) is 1. The molecule has 2 rings (SSSR count). The van der Waals surface area contributed by atoms with Crippen molar-refractivity contribution in [2.45, 2.75) is 45.1 Å². The molecule has 0 aromatic carbocycles. The van der Waals surface area contributed by atoms with Crippen LogP contribution in [0.1, 0.15) is 48.8 Å². The van der Waals surface area contributed by atoms with Gasteiger partial charge in [-0.1, -0.05) is 6.92 Å². The van der Waals surface area contributed by atoms with Crippen molar-refractivity contribution in [1.29, 1.82) is 0 Å². The third-order valence-electron chi connectivity index (χ3n) is 3.79. The Morgan fingerprint density at radius 3 is 3.00 bits per heavy atom. The van der Waals surface area contributed by atoms with Crippen LogP contribution in [0.2, 0.25) is 0 Å². The van der Waals surface area contributed by atoms with Gasteiger partial charge in [0, 0.05) is 19.2 Å². The molecule has 1 saturated heterocycles. The van der Waals surface area contributed by atoms with E-state index < -0.39 is 0 Å². The molecule has 0 saturated carbocycles. The Morgan fingerprint density at radius 1 is 1.58 bits per heavy atom. The monoisotopic (exact) mass is 266 g/mol. The van der Waals surface area contributed by atoms with Crippen molar-refractivity contribution in [2.75, 3.05) is 18.9 Å². The molecule has 0 radical (unpaired) electrons. The molecule has 0 aliphatic carbocycles. The molecule has 4 N–H and O–H groups in total. The van der Waals surface area contributed by atoms with Gasteiger partial charge >= 0.3 is 0 Å². The van der Waals surface area contributed by atoms with Crippen molar-refractivity contribution in [2.24, 2.45) is 0 Å². The Bertz CT molecular complexity index is 442. The van der Waals surface area contributed by atoms with Crippen LogP contribution in [0.25, 0.3) is 0 Å². The molecule has 1 fully saturated rings. The van der Waals surface area contributed by atoms with E-state index in [0.29, 0.717) is 17.8 Å². The standard InChI is InChI=1S/C13H22N4O2/c1-2-10-11(14)12(16-15-10)13(19)17-7-4-3-5-9(17)6-8-18/h9,18H,2-8,14H2,1H3,(H,15,16). The molecule has 0 bridgehead atoms. The number of aromatic amines is 1. The molecule has 1 aliphatic rings. The molecule has 1 unspecified atom stereocenters. The quantitative estimate of drug-likeness (QED) is 0.755. The number of aliphatic hydroxyl groups is 1. The number of piperidine rings is 1. The molecular weight excluding hydrogens is 244 g/mol. The van der Waals surface area contributed by atoms with Gasteiger partial charge in [-0.3, -0.25) is 9.89 Å². The highest BCUT2D eigenvalue weighted by atomic mass is 16.3. The minimum Gasteiger partial charge on any atom is -0.396 e. The highest BCUT2D eigenvalue weighted by Gasteiger charge is 2.30. The smallest absolute Gasteiger partial charge is 0.276 e. The van der Waals surface area contributed by atoms with Crippen molar-refractivity contribution in [3.8, 4) is 0 Å². The van der Waals surface area contributed by atoms with Crippen molar-refractivity contribution in [3.05, 3.63) is 11.4 Å². The van der Waals surface area contributed by atoms with Crippen LogP contribution >= 0.6 is 0 Å². The molecule has 2 heterocycles. The van der Waals surface area contributed by atoms with Gasteiger partial charge in [-0.2, -0.15) is 5.10 Å². The molecule has 106 valence electrons. The Labute approximate surface area is 113 Å². The number of nitrogens with zero attached hydrogens (tertiary/aromatic N) is 2. The number of carbonyl (C=O) groups excluding carboxylic acids is 1. The van der Waals surface area contributed by atoms with Crippen LogP contribution in [0.5, 0.6) is 0 Å². The number of hydrogen-bond acceptors (Lipinski definition) is 4. The van der Waals surface area contributed by atoms with Gasteiger partial charge in [0.2, 0.25) is 0 Å². The summed E-state index contributed by atoms with van der Waals surface area (Å²) in [5, 5.41) is 16.0. The van der Waals surface area contributed by atoms with E-state index in [1.54, 1.807) is 0 Å². The third kappa shape index (κ3) is 2.73. The van der Waals surface area contributed by atoms with E-state index in [-0.39, 0.29) is 18.6 Å². The van der Waals surface area contributed by atoms with Crippen molar-refractivity contribution < 1.29 is 9.90 Å². The summed E-state index contributed by atoms with van der Waals surface area (Å²) >= 11 is 0. The molecule has 1 aromatic heterocycles. The molecule has 6 heteroatoms.